The molecule has 1 aromatic carbocycles. The summed E-state index contributed by atoms with van der Waals surface area (Å²) in [5, 5.41) is 16.2. The highest BCUT2D eigenvalue weighted by molar-refractivity contribution is 7.09. The third-order valence-electron chi connectivity index (χ3n) is 7.26. The summed E-state index contributed by atoms with van der Waals surface area (Å²) in [6.07, 6.45) is 7.87. The van der Waals surface area contributed by atoms with Crippen molar-refractivity contribution in [3.8, 4) is 5.75 Å². The van der Waals surface area contributed by atoms with E-state index in [-0.39, 0.29) is 11.6 Å². The number of pyridine rings is 1. The van der Waals surface area contributed by atoms with E-state index in [4.69, 9.17) is 4.74 Å². The van der Waals surface area contributed by atoms with E-state index in [0.717, 1.165) is 60.3 Å². The summed E-state index contributed by atoms with van der Waals surface area (Å²) in [6, 6.07) is 12.4. The Hall–Kier alpha value is -3.04. The minimum absolute atomic E-state index is 0.00822. The minimum Gasteiger partial charge on any atom is -0.494 e. The number of rotatable bonds is 11. The number of ether oxygens (including phenoxy) is 1. The molecule has 1 atom stereocenters. The van der Waals surface area contributed by atoms with Crippen LogP contribution in [0.4, 0.5) is 0 Å². The van der Waals surface area contributed by atoms with Crippen molar-refractivity contribution in [3.63, 3.8) is 0 Å². The maximum atomic E-state index is 13.2. The number of hydrogen-bond acceptors (Lipinski definition) is 7. The molecule has 1 aliphatic rings. The minimum atomic E-state index is -0.0602. The van der Waals surface area contributed by atoms with Gasteiger partial charge in [0.15, 0.2) is 5.82 Å². The Bertz CT molecular complexity index is 1340. The molecule has 0 bridgehead atoms. The van der Waals surface area contributed by atoms with Crippen LogP contribution in [-0.4, -0.2) is 36.7 Å². The molecule has 1 N–H and O–H groups in total. The van der Waals surface area contributed by atoms with Crippen molar-refractivity contribution in [2.24, 2.45) is 0 Å². The molecule has 0 saturated heterocycles. The molecular weight excluding hydrogens is 484 g/mol. The first-order valence-electron chi connectivity index (χ1n) is 13.5. The zero-order valence-electron chi connectivity index (χ0n) is 21.7. The molecule has 9 heteroatoms. The summed E-state index contributed by atoms with van der Waals surface area (Å²) in [5.41, 5.74) is 1.49. The largest absolute Gasteiger partial charge is 0.494 e. The van der Waals surface area contributed by atoms with Gasteiger partial charge in [-0.2, -0.15) is 0 Å². The van der Waals surface area contributed by atoms with Crippen LogP contribution < -0.4 is 10.3 Å². The van der Waals surface area contributed by atoms with E-state index in [0.29, 0.717) is 19.2 Å². The number of nitrogens with zero attached hydrogens (tertiary/aromatic N) is 5. The zero-order chi connectivity index (χ0) is 25.6. The summed E-state index contributed by atoms with van der Waals surface area (Å²) < 4.78 is 7.78. The van der Waals surface area contributed by atoms with Gasteiger partial charge in [-0.15, -0.1) is 16.4 Å². The van der Waals surface area contributed by atoms with Crippen LogP contribution in [0.2, 0.25) is 0 Å². The van der Waals surface area contributed by atoms with E-state index in [1.54, 1.807) is 11.3 Å². The summed E-state index contributed by atoms with van der Waals surface area (Å²) >= 11 is 1.74. The molecule has 0 spiro atoms. The average Bonchev–Trinajstić information content (AvgIpc) is 3.61. The molecule has 3 aromatic heterocycles. The van der Waals surface area contributed by atoms with Gasteiger partial charge in [-0.3, -0.25) is 9.69 Å². The van der Waals surface area contributed by atoms with Gasteiger partial charge in [-0.1, -0.05) is 38.7 Å². The summed E-state index contributed by atoms with van der Waals surface area (Å²) in [5.74, 6) is 1.72. The predicted octanol–water partition coefficient (Wildman–Crippen LogP) is 6.02. The SMILES string of the molecule is CCCC(c1nnnn1C1CCCCC1)N(Cc1cccs1)Cc1cc2cc(OCC)ccc2[nH]c1=O. The number of fused-ring (bicyclic) bond motifs is 1. The number of tetrazole rings is 1. The van der Waals surface area contributed by atoms with E-state index in [1.165, 1.54) is 24.1 Å². The Labute approximate surface area is 221 Å². The molecule has 4 aromatic rings. The Morgan fingerprint density at radius 2 is 2.03 bits per heavy atom. The van der Waals surface area contributed by atoms with Gasteiger partial charge >= 0.3 is 0 Å². The third kappa shape index (κ3) is 5.93. The van der Waals surface area contributed by atoms with Gasteiger partial charge in [0.2, 0.25) is 0 Å². The van der Waals surface area contributed by atoms with Crippen LogP contribution in [0, 0.1) is 0 Å². The lowest BCUT2D eigenvalue weighted by atomic mass is 9.95. The van der Waals surface area contributed by atoms with Crippen LogP contribution >= 0.6 is 11.3 Å². The van der Waals surface area contributed by atoms with Gasteiger partial charge in [0.1, 0.15) is 5.75 Å². The van der Waals surface area contributed by atoms with Gasteiger partial charge in [0.05, 0.1) is 18.7 Å². The van der Waals surface area contributed by atoms with Gasteiger partial charge in [-0.05, 0) is 72.3 Å². The molecule has 1 saturated carbocycles. The monoisotopic (exact) mass is 520 g/mol. The number of hydrogen-bond donors (Lipinski definition) is 1. The fraction of sp³-hybridized carbons (Fsp3) is 0.500. The van der Waals surface area contributed by atoms with Crippen LogP contribution in [0.5, 0.6) is 5.75 Å². The van der Waals surface area contributed by atoms with E-state index >= 15 is 0 Å². The summed E-state index contributed by atoms with van der Waals surface area (Å²) in [4.78, 5) is 19.9. The second-order valence-electron chi connectivity index (χ2n) is 9.87. The molecular formula is C28H36N6O2S. The van der Waals surface area contributed by atoms with E-state index < -0.39 is 0 Å². The van der Waals surface area contributed by atoms with Crippen molar-refractivity contribution in [1.29, 1.82) is 0 Å². The molecule has 0 amide bonds. The molecule has 8 nitrogen and oxygen atoms in total. The van der Waals surface area contributed by atoms with E-state index in [1.807, 2.05) is 31.2 Å². The highest BCUT2D eigenvalue weighted by atomic mass is 32.1. The molecule has 37 heavy (non-hydrogen) atoms. The summed E-state index contributed by atoms with van der Waals surface area (Å²) in [7, 11) is 0. The number of benzene rings is 1. The second-order valence-corrected chi connectivity index (χ2v) is 10.9. The molecule has 3 heterocycles. The zero-order valence-corrected chi connectivity index (χ0v) is 22.5. The van der Waals surface area contributed by atoms with Crippen molar-refractivity contribution in [3.05, 3.63) is 68.4 Å². The summed E-state index contributed by atoms with van der Waals surface area (Å²) in [6.45, 7) is 6.01. The molecule has 1 aliphatic carbocycles. The van der Waals surface area contributed by atoms with Crippen molar-refractivity contribution in [2.75, 3.05) is 6.61 Å². The number of thiophene rings is 1. The lowest BCUT2D eigenvalue weighted by Gasteiger charge is -2.32. The van der Waals surface area contributed by atoms with Crippen LogP contribution in [-0.2, 0) is 13.1 Å². The fourth-order valence-corrected chi connectivity index (χ4v) is 6.19. The number of H-pyrrole nitrogens is 1. The number of aromatic amines is 1. The van der Waals surface area contributed by atoms with Gasteiger partial charge in [-0.25, -0.2) is 4.68 Å². The van der Waals surface area contributed by atoms with Crippen molar-refractivity contribution in [2.45, 2.75) is 84.0 Å². The van der Waals surface area contributed by atoms with E-state index in [9.17, 15) is 4.79 Å². The number of nitrogens with one attached hydrogen (secondary N) is 1. The number of aromatic nitrogens is 5. The first kappa shape index (κ1) is 25.6. The van der Waals surface area contributed by atoms with Crippen LogP contribution in [0.3, 0.4) is 0 Å². The Balaban J connectivity index is 1.52. The van der Waals surface area contributed by atoms with Crippen molar-refractivity contribution >= 4 is 22.2 Å². The quantitative estimate of drug-likeness (QED) is 0.260. The first-order valence-corrected chi connectivity index (χ1v) is 14.4. The Kier molecular flexibility index (Phi) is 8.31. The standard InChI is InChI=1S/C28H36N6O2S/c1-3-9-26(27-30-31-32-34(27)22-10-6-5-7-11-22)33(19-24-12-8-15-37-24)18-21-16-20-17-23(36-4-2)13-14-25(20)29-28(21)35/h8,12-17,22,26H,3-7,9-11,18-19H2,1-2H3,(H,29,35). The van der Waals surface area contributed by atoms with E-state index in [2.05, 4.69) is 54.5 Å². The van der Waals surface area contributed by atoms with Crippen molar-refractivity contribution < 1.29 is 4.74 Å². The molecule has 0 radical (unpaired) electrons. The third-order valence-corrected chi connectivity index (χ3v) is 8.12. The van der Waals surface area contributed by atoms with Crippen LogP contribution in [0.1, 0.15) is 87.1 Å². The van der Waals surface area contributed by atoms with Gasteiger partial charge in [0, 0.05) is 34.4 Å². The lowest BCUT2D eigenvalue weighted by Crippen LogP contribution is -2.33. The molecule has 1 fully saturated rings. The highest BCUT2D eigenvalue weighted by Crippen LogP contribution is 2.34. The first-order chi connectivity index (χ1) is 18.2. The normalized spacial score (nSPS) is 15.4. The topological polar surface area (TPSA) is 88.9 Å². The lowest BCUT2D eigenvalue weighted by molar-refractivity contribution is 0.151. The maximum Gasteiger partial charge on any atom is 0.252 e. The van der Waals surface area contributed by atoms with Gasteiger partial charge in [0.25, 0.3) is 5.56 Å². The van der Waals surface area contributed by atoms with Crippen LogP contribution in [0.15, 0.2) is 46.6 Å². The smallest absolute Gasteiger partial charge is 0.252 e. The molecule has 196 valence electrons. The fourth-order valence-electron chi connectivity index (χ4n) is 5.46. The Morgan fingerprint density at radius 3 is 2.78 bits per heavy atom. The molecule has 0 aliphatic heterocycles. The maximum absolute atomic E-state index is 13.2. The highest BCUT2D eigenvalue weighted by Gasteiger charge is 2.30. The average molecular weight is 521 g/mol. The molecule has 5 rings (SSSR count). The predicted molar refractivity (Wildman–Crippen MR) is 147 cm³/mol. The van der Waals surface area contributed by atoms with Gasteiger partial charge < -0.3 is 9.72 Å². The van der Waals surface area contributed by atoms with Crippen LogP contribution in [0.25, 0.3) is 10.9 Å². The second kappa shape index (κ2) is 12.0. The van der Waals surface area contributed by atoms with Crippen molar-refractivity contribution in [1.82, 2.24) is 30.1 Å². The molecule has 1 unspecified atom stereocenters. The Morgan fingerprint density at radius 1 is 1.16 bits per heavy atom.